The molecule has 0 unspecified atom stereocenters. The van der Waals surface area contributed by atoms with E-state index in [-0.39, 0.29) is 35.2 Å². The largest absolute Gasteiger partial charge is 0.471 e. The summed E-state index contributed by atoms with van der Waals surface area (Å²) in [7, 11) is 0. The van der Waals surface area contributed by atoms with E-state index in [2.05, 4.69) is 30.9 Å². The topological polar surface area (TPSA) is 119 Å². The van der Waals surface area contributed by atoms with Crippen molar-refractivity contribution in [3.05, 3.63) is 63.8 Å². The van der Waals surface area contributed by atoms with Crippen LogP contribution in [0.5, 0.6) is 5.88 Å². The fourth-order valence-electron chi connectivity index (χ4n) is 2.19. The van der Waals surface area contributed by atoms with Crippen molar-refractivity contribution >= 4 is 44.4 Å². The Morgan fingerprint density at radius 1 is 1.36 bits per heavy atom. The van der Waals surface area contributed by atoms with Crippen LogP contribution < -0.4 is 21.1 Å². The maximum absolute atomic E-state index is 13.9. The molecule has 0 aliphatic carbocycles. The zero-order valence-corrected chi connectivity index (χ0v) is 16.6. The van der Waals surface area contributed by atoms with Gasteiger partial charge in [0.1, 0.15) is 28.7 Å². The highest BCUT2D eigenvalue weighted by Crippen LogP contribution is 2.31. The van der Waals surface area contributed by atoms with Gasteiger partial charge >= 0.3 is 6.03 Å². The monoisotopic (exact) mass is 468 g/mol. The minimum absolute atomic E-state index is 0.0823. The smallest absolute Gasteiger partial charge is 0.320 e. The van der Waals surface area contributed by atoms with Crippen molar-refractivity contribution < 1.29 is 23.1 Å². The van der Waals surface area contributed by atoms with E-state index in [4.69, 9.17) is 14.9 Å². The number of furan rings is 1. The van der Waals surface area contributed by atoms with Crippen LogP contribution in [0.25, 0.3) is 0 Å². The third-order valence-electron chi connectivity index (χ3n) is 3.52. The van der Waals surface area contributed by atoms with E-state index in [1.165, 1.54) is 18.4 Å². The Kier molecular flexibility index (Phi) is 6.26. The van der Waals surface area contributed by atoms with Crippen molar-refractivity contribution in [2.45, 2.75) is 13.2 Å². The predicted molar refractivity (Wildman–Crippen MR) is 104 cm³/mol. The highest BCUT2D eigenvalue weighted by atomic mass is 79.9. The average molecular weight is 469 g/mol. The summed E-state index contributed by atoms with van der Waals surface area (Å²) in [6.45, 7) is 0.00298. The molecule has 0 bridgehead atoms. The Bertz CT molecular complexity index is 993. The van der Waals surface area contributed by atoms with Gasteiger partial charge in [0.05, 0.1) is 12.8 Å². The number of carbonyl (C=O) groups is 2. The van der Waals surface area contributed by atoms with Crippen LogP contribution in [0.4, 0.5) is 14.2 Å². The molecule has 2 aromatic heterocycles. The molecule has 11 heteroatoms. The lowest BCUT2D eigenvalue weighted by molar-refractivity contribution is 0.0996. The SMILES string of the molecule is NC(=O)c1c(OCc2ccc(Br)cc2F)nsc1NC(=O)NCc1ccco1. The number of urea groups is 1. The molecule has 0 fully saturated rings. The quantitative estimate of drug-likeness (QED) is 0.488. The van der Waals surface area contributed by atoms with Gasteiger partial charge in [-0.1, -0.05) is 22.0 Å². The molecule has 0 aliphatic heterocycles. The van der Waals surface area contributed by atoms with Crippen molar-refractivity contribution in [3.8, 4) is 5.88 Å². The lowest BCUT2D eigenvalue weighted by atomic mass is 10.2. The summed E-state index contributed by atoms with van der Waals surface area (Å²) >= 11 is 4.00. The number of halogens is 2. The van der Waals surface area contributed by atoms with E-state index in [0.717, 1.165) is 11.5 Å². The first-order valence-electron chi connectivity index (χ1n) is 7.87. The van der Waals surface area contributed by atoms with Crippen LogP contribution in [0.3, 0.4) is 0 Å². The number of carbonyl (C=O) groups excluding carboxylic acids is 2. The molecule has 0 saturated heterocycles. The van der Waals surface area contributed by atoms with Crippen molar-refractivity contribution in [1.82, 2.24) is 9.69 Å². The number of nitrogens with one attached hydrogen (secondary N) is 2. The minimum atomic E-state index is -0.832. The highest BCUT2D eigenvalue weighted by Gasteiger charge is 2.22. The fraction of sp³-hybridized carbons (Fsp3) is 0.118. The summed E-state index contributed by atoms with van der Waals surface area (Å²) < 4.78 is 29.0. The van der Waals surface area contributed by atoms with Crippen molar-refractivity contribution in [2.75, 3.05) is 5.32 Å². The maximum atomic E-state index is 13.9. The molecule has 1 aromatic carbocycles. The second kappa shape index (κ2) is 8.85. The van der Waals surface area contributed by atoms with Gasteiger partial charge in [0.15, 0.2) is 0 Å². The molecule has 3 amide bonds. The predicted octanol–water partition coefficient (Wildman–Crippen LogP) is 3.64. The molecule has 0 spiro atoms. The number of aromatic nitrogens is 1. The Labute approximate surface area is 171 Å². The third kappa shape index (κ3) is 4.87. The standard InChI is InChI=1S/C17H14BrFN4O4S/c18-10-4-3-9(12(19)6-10)8-27-15-13(14(20)24)16(28-23-15)22-17(25)21-7-11-2-1-5-26-11/h1-6H,7-8H2,(H2,20,24)(H2,21,22,25). The number of hydrogen-bond acceptors (Lipinski definition) is 6. The Morgan fingerprint density at radius 3 is 2.86 bits per heavy atom. The summed E-state index contributed by atoms with van der Waals surface area (Å²) in [5.41, 5.74) is 5.57. The summed E-state index contributed by atoms with van der Waals surface area (Å²) in [6, 6.07) is 7.32. The zero-order chi connectivity index (χ0) is 20.1. The van der Waals surface area contributed by atoms with Gasteiger partial charge in [-0.25, -0.2) is 9.18 Å². The number of hydrogen-bond donors (Lipinski definition) is 3. The third-order valence-corrected chi connectivity index (χ3v) is 4.76. The van der Waals surface area contributed by atoms with Crippen molar-refractivity contribution in [2.24, 2.45) is 5.73 Å². The molecule has 4 N–H and O–H groups in total. The summed E-state index contributed by atoms with van der Waals surface area (Å²) in [6.07, 6.45) is 1.49. The minimum Gasteiger partial charge on any atom is -0.471 e. The number of amides is 3. The van der Waals surface area contributed by atoms with Crippen LogP contribution in [0.15, 0.2) is 45.5 Å². The number of ether oxygens (including phenoxy) is 1. The van der Waals surface area contributed by atoms with Gasteiger partial charge in [-0.05, 0) is 35.8 Å². The number of nitrogens with zero attached hydrogens (tertiary/aromatic N) is 1. The molecule has 2 heterocycles. The van der Waals surface area contributed by atoms with Crippen molar-refractivity contribution in [3.63, 3.8) is 0 Å². The van der Waals surface area contributed by atoms with E-state index < -0.39 is 17.8 Å². The number of nitrogens with two attached hydrogens (primary N) is 1. The van der Waals surface area contributed by atoms with Crippen LogP contribution in [-0.2, 0) is 13.2 Å². The maximum Gasteiger partial charge on any atom is 0.320 e. The summed E-state index contributed by atoms with van der Waals surface area (Å²) in [5.74, 6) is -0.821. The number of benzene rings is 1. The number of anilines is 1. The second-order valence-corrected chi connectivity index (χ2v) is 7.16. The van der Waals surface area contributed by atoms with Gasteiger partial charge in [-0.2, -0.15) is 4.37 Å². The van der Waals surface area contributed by atoms with E-state index in [1.54, 1.807) is 18.2 Å². The molecule has 3 aromatic rings. The van der Waals surface area contributed by atoms with E-state index in [0.29, 0.717) is 10.2 Å². The molecule has 28 heavy (non-hydrogen) atoms. The van der Waals surface area contributed by atoms with Gasteiger partial charge in [-0.3, -0.25) is 10.1 Å². The fourth-order valence-corrected chi connectivity index (χ4v) is 3.26. The van der Waals surface area contributed by atoms with Crippen LogP contribution in [0.2, 0.25) is 0 Å². The molecule has 8 nitrogen and oxygen atoms in total. The van der Waals surface area contributed by atoms with E-state index >= 15 is 0 Å². The first-order chi connectivity index (χ1) is 13.4. The molecule has 3 rings (SSSR count). The van der Waals surface area contributed by atoms with Crippen LogP contribution >= 0.6 is 27.5 Å². The highest BCUT2D eigenvalue weighted by molar-refractivity contribution is 9.10. The van der Waals surface area contributed by atoms with Gasteiger partial charge in [-0.15, -0.1) is 0 Å². The normalized spacial score (nSPS) is 10.5. The molecular formula is C17H14BrFN4O4S. The van der Waals surface area contributed by atoms with Crippen LogP contribution in [0.1, 0.15) is 21.7 Å². The first kappa shape index (κ1) is 19.8. The Hall–Kier alpha value is -2.92. The van der Waals surface area contributed by atoms with Crippen LogP contribution in [0, 0.1) is 5.82 Å². The Morgan fingerprint density at radius 2 is 2.18 bits per heavy atom. The number of primary amides is 1. The Balaban J connectivity index is 1.67. The molecular weight excluding hydrogens is 455 g/mol. The first-order valence-corrected chi connectivity index (χ1v) is 9.44. The summed E-state index contributed by atoms with van der Waals surface area (Å²) in [4.78, 5) is 23.8. The van der Waals surface area contributed by atoms with Crippen molar-refractivity contribution in [1.29, 1.82) is 0 Å². The molecule has 0 radical (unpaired) electrons. The van der Waals surface area contributed by atoms with Crippen LogP contribution in [-0.4, -0.2) is 16.3 Å². The van der Waals surface area contributed by atoms with Gasteiger partial charge in [0.2, 0.25) is 5.88 Å². The lowest BCUT2D eigenvalue weighted by Gasteiger charge is -2.08. The van der Waals surface area contributed by atoms with E-state index in [1.807, 2.05) is 0 Å². The molecule has 146 valence electrons. The molecule has 0 saturated carbocycles. The summed E-state index contributed by atoms with van der Waals surface area (Å²) in [5, 5.41) is 5.18. The zero-order valence-electron chi connectivity index (χ0n) is 14.2. The van der Waals surface area contributed by atoms with Gasteiger partial charge in [0.25, 0.3) is 5.91 Å². The second-order valence-electron chi connectivity index (χ2n) is 5.47. The van der Waals surface area contributed by atoms with Gasteiger partial charge in [0, 0.05) is 10.0 Å². The molecule has 0 atom stereocenters. The number of rotatable bonds is 7. The van der Waals surface area contributed by atoms with E-state index in [9.17, 15) is 14.0 Å². The molecule has 0 aliphatic rings. The van der Waals surface area contributed by atoms with Gasteiger partial charge < -0.3 is 20.2 Å². The lowest BCUT2D eigenvalue weighted by Crippen LogP contribution is -2.28. The average Bonchev–Trinajstić information content (AvgIpc) is 3.29.